The molecule has 8 nitrogen and oxygen atoms in total. The van der Waals surface area contributed by atoms with Gasteiger partial charge in [0.25, 0.3) is 5.91 Å². The zero-order valence-electron chi connectivity index (χ0n) is 16.9. The van der Waals surface area contributed by atoms with Crippen molar-refractivity contribution >= 4 is 23.5 Å². The number of piperazine rings is 1. The minimum atomic E-state index is -0.0919. The van der Waals surface area contributed by atoms with Crippen molar-refractivity contribution in [1.29, 1.82) is 0 Å². The summed E-state index contributed by atoms with van der Waals surface area (Å²) in [4.78, 5) is 28.5. The van der Waals surface area contributed by atoms with Gasteiger partial charge in [-0.2, -0.15) is 15.0 Å². The number of rotatable bonds is 3. The molecule has 2 aromatic heterocycles. The fourth-order valence-corrected chi connectivity index (χ4v) is 4.86. The highest BCUT2D eigenvalue weighted by Crippen LogP contribution is 2.35. The Morgan fingerprint density at radius 3 is 2.30 bits per heavy atom. The van der Waals surface area contributed by atoms with Crippen molar-refractivity contribution in [3.05, 3.63) is 58.6 Å². The molecule has 1 aromatic carbocycles. The molecule has 2 aliphatic rings. The van der Waals surface area contributed by atoms with Crippen molar-refractivity contribution in [3.63, 3.8) is 0 Å². The minimum Gasteiger partial charge on any atom is -0.334 e. The number of nitrogens with zero attached hydrogens (tertiary/aromatic N) is 7. The summed E-state index contributed by atoms with van der Waals surface area (Å²) in [7, 11) is 0. The molecule has 154 valence electrons. The zero-order chi connectivity index (χ0) is 20.8. The summed E-state index contributed by atoms with van der Waals surface area (Å²) in [6, 6.07) is 7.72. The lowest BCUT2D eigenvalue weighted by Gasteiger charge is -2.41. The molecule has 2 atom stereocenters. The summed E-state index contributed by atoms with van der Waals surface area (Å²) in [5, 5.41) is 8.76. The summed E-state index contributed by atoms with van der Waals surface area (Å²) < 4.78 is 0. The van der Waals surface area contributed by atoms with E-state index < -0.39 is 0 Å². The quantitative estimate of drug-likeness (QED) is 0.644. The number of hydrogen-bond acceptors (Lipinski definition) is 6. The third kappa shape index (κ3) is 3.21. The third-order valence-corrected chi connectivity index (χ3v) is 6.13. The lowest BCUT2D eigenvalue weighted by Crippen LogP contribution is -2.56. The standard InChI is InChI=1S/C21H22ClN7O/c1-13-10-14(2)26-21(25-13)28-15-6-7-16(28)12-27(11-15)20(30)19-17(22)4-3-5-18(19)29-23-8-9-24-29/h3-5,8-10,15-16H,6-7,11-12H2,1-2H3. The van der Waals surface area contributed by atoms with Gasteiger partial charge in [-0.05, 0) is 44.9 Å². The number of amides is 1. The molecule has 0 aliphatic carbocycles. The van der Waals surface area contributed by atoms with Crippen molar-refractivity contribution in [3.8, 4) is 5.69 Å². The third-order valence-electron chi connectivity index (χ3n) is 5.81. The van der Waals surface area contributed by atoms with Crippen molar-refractivity contribution in [2.75, 3.05) is 18.0 Å². The van der Waals surface area contributed by atoms with Crippen LogP contribution in [0.4, 0.5) is 5.95 Å². The van der Waals surface area contributed by atoms with Crippen LogP contribution in [0.25, 0.3) is 5.69 Å². The Morgan fingerprint density at radius 1 is 1.03 bits per heavy atom. The Morgan fingerprint density at radius 2 is 1.67 bits per heavy atom. The molecular weight excluding hydrogens is 402 g/mol. The molecule has 2 fully saturated rings. The van der Waals surface area contributed by atoms with E-state index in [0.717, 1.165) is 30.2 Å². The molecule has 30 heavy (non-hydrogen) atoms. The Hall–Kier alpha value is -3.00. The fraction of sp³-hybridized carbons (Fsp3) is 0.381. The van der Waals surface area contributed by atoms with Crippen LogP contribution in [0, 0.1) is 13.8 Å². The molecule has 9 heteroatoms. The Labute approximate surface area is 179 Å². The Balaban J connectivity index is 1.44. The number of carbonyl (C=O) groups is 1. The summed E-state index contributed by atoms with van der Waals surface area (Å²) >= 11 is 6.46. The van der Waals surface area contributed by atoms with Crippen LogP contribution in [0.15, 0.2) is 36.7 Å². The maximum absolute atomic E-state index is 13.5. The molecule has 2 bridgehead atoms. The lowest BCUT2D eigenvalue weighted by atomic mass is 10.1. The maximum atomic E-state index is 13.5. The van der Waals surface area contributed by atoms with Gasteiger partial charge in [-0.3, -0.25) is 4.79 Å². The van der Waals surface area contributed by atoms with E-state index in [1.54, 1.807) is 24.5 Å². The number of halogens is 1. The molecule has 1 amide bonds. The fourth-order valence-electron chi connectivity index (χ4n) is 4.61. The van der Waals surface area contributed by atoms with E-state index in [1.165, 1.54) is 4.80 Å². The summed E-state index contributed by atoms with van der Waals surface area (Å²) in [5.74, 6) is 0.678. The number of anilines is 1. The normalized spacial score (nSPS) is 20.6. The van der Waals surface area contributed by atoms with Gasteiger partial charge < -0.3 is 9.80 Å². The predicted molar refractivity (Wildman–Crippen MR) is 113 cm³/mol. The topological polar surface area (TPSA) is 80.0 Å². The number of carbonyl (C=O) groups excluding carboxylic acids is 1. The summed E-state index contributed by atoms with van der Waals surface area (Å²) in [6.45, 7) is 5.20. The van der Waals surface area contributed by atoms with Gasteiger partial charge in [0.15, 0.2) is 0 Å². The van der Waals surface area contributed by atoms with Gasteiger partial charge in [-0.15, -0.1) is 0 Å². The molecule has 5 rings (SSSR count). The van der Waals surface area contributed by atoms with Crippen molar-refractivity contribution in [2.45, 2.75) is 38.8 Å². The molecule has 2 unspecified atom stereocenters. The van der Waals surface area contributed by atoms with Crippen LogP contribution >= 0.6 is 11.6 Å². The summed E-state index contributed by atoms with van der Waals surface area (Å²) in [6.07, 6.45) is 5.19. The van der Waals surface area contributed by atoms with E-state index in [1.807, 2.05) is 30.9 Å². The van der Waals surface area contributed by atoms with Crippen molar-refractivity contribution < 1.29 is 4.79 Å². The molecule has 0 saturated carbocycles. The monoisotopic (exact) mass is 423 g/mol. The molecule has 2 aliphatic heterocycles. The van der Waals surface area contributed by atoms with E-state index in [9.17, 15) is 4.79 Å². The number of likely N-dealkylation sites (tertiary alicyclic amines) is 1. The lowest BCUT2D eigenvalue weighted by molar-refractivity contribution is 0.0716. The first-order valence-electron chi connectivity index (χ1n) is 10.1. The highest BCUT2D eigenvalue weighted by molar-refractivity contribution is 6.34. The molecule has 3 aromatic rings. The molecule has 4 heterocycles. The Kier molecular flexibility index (Phi) is 4.66. The SMILES string of the molecule is Cc1cc(C)nc(N2C3CCC2CN(C(=O)c2c(Cl)cccc2-n2nccn2)C3)n1. The Bertz CT molecular complexity index is 1070. The van der Waals surface area contributed by atoms with Crippen LogP contribution in [0.2, 0.25) is 5.02 Å². The van der Waals surface area contributed by atoms with Gasteiger partial charge in [0.1, 0.15) is 0 Å². The van der Waals surface area contributed by atoms with Crippen molar-refractivity contribution in [2.24, 2.45) is 0 Å². The van der Waals surface area contributed by atoms with E-state index in [-0.39, 0.29) is 18.0 Å². The molecule has 2 saturated heterocycles. The molecule has 0 radical (unpaired) electrons. The first kappa shape index (κ1) is 19.0. The van der Waals surface area contributed by atoms with Crippen molar-refractivity contribution in [1.82, 2.24) is 29.9 Å². The number of aromatic nitrogens is 5. The molecular formula is C21H22ClN7O. The highest BCUT2D eigenvalue weighted by Gasteiger charge is 2.43. The second-order valence-electron chi connectivity index (χ2n) is 7.91. The average Bonchev–Trinajstić information content (AvgIpc) is 3.33. The number of benzene rings is 1. The van der Waals surface area contributed by atoms with Gasteiger partial charge in [0, 0.05) is 36.6 Å². The highest BCUT2D eigenvalue weighted by atomic mass is 35.5. The predicted octanol–water partition coefficient (Wildman–Crippen LogP) is 2.82. The van der Waals surface area contributed by atoms with Crippen LogP contribution in [0.3, 0.4) is 0 Å². The van der Waals surface area contributed by atoms with Crippen LogP contribution in [-0.4, -0.2) is 60.9 Å². The van der Waals surface area contributed by atoms with Crippen LogP contribution in [-0.2, 0) is 0 Å². The van der Waals surface area contributed by atoms with E-state index >= 15 is 0 Å². The summed E-state index contributed by atoms with van der Waals surface area (Å²) in [5.41, 5.74) is 2.95. The van der Waals surface area contributed by atoms with Gasteiger partial charge in [-0.1, -0.05) is 17.7 Å². The second kappa shape index (κ2) is 7.36. The first-order chi connectivity index (χ1) is 14.5. The van der Waals surface area contributed by atoms with Gasteiger partial charge >= 0.3 is 0 Å². The van der Waals surface area contributed by atoms with Gasteiger partial charge in [0.05, 0.1) is 28.7 Å². The molecule has 0 spiro atoms. The van der Waals surface area contributed by atoms with E-state index in [4.69, 9.17) is 11.6 Å². The molecule has 0 N–H and O–H groups in total. The second-order valence-corrected chi connectivity index (χ2v) is 8.31. The first-order valence-corrected chi connectivity index (χ1v) is 10.4. The van der Waals surface area contributed by atoms with Crippen LogP contribution in [0.5, 0.6) is 0 Å². The van der Waals surface area contributed by atoms with E-state index in [0.29, 0.717) is 29.4 Å². The van der Waals surface area contributed by atoms with Crippen LogP contribution in [0.1, 0.15) is 34.6 Å². The van der Waals surface area contributed by atoms with Gasteiger partial charge in [-0.25, -0.2) is 9.97 Å². The van der Waals surface area contributed by atoms with Crippen LogP contribution < -0.4 is 4.90 Å². The minimum absolute atomic E-state index is 0.0919. The maximum Gasteiger partial charge on any atom is 0.257 e. The smallest absolute Gasteiger partial charge is 0.257 e. The number of fused-ring (bicyclic) bond motifs is 2. The largest absolute Gasteiger partial charge is 0.334 e. The number of aryl methyl sites for hydroxylation is 2. The van der Waals surface area contributed by atoms with E-state index in [2.05, 4.69) is 25.1 Å². The zero-order valence-corrected chi connectivity index (χ0v) is 17.6. The average molecular weight is 424 g/mol. The number of hydrogen-bond donors (Lipinski definition) is 0. The van der Waals surface area contributed by atoms with Gasteiger partial charge in [0.2, 0.25) is 5.95 Å².